The van der Waals surface area contributed by atoms with Crippen LogP contribution in [0.5, 0.6) is 11.5 Å². The number of alkyl halides is 3. The molecule has 1 aliphatic heterocycles. The van der Waals surface area contributed by atoms with Gasteiger partial charge in [0.05, 0.1) is 56.4 Å². The fourth-order valence-corrected chi connectivity index (χ4v) is 6.20. The van der Waals surface area contributed by atoms with Gasteiger partial charge in [0, 0.05) is 63.9 Å². The standard InChI is InChI=1S/C41H37ClFN7O5.C2HF3O2/c1-54-34-8-3-7-33(43)37(34)39-32-19-27(42)11-14-30(32)38-26(21-46-39)22-47-41(50-38)49-29-13-15-31(35(20-29)55-2)40(53)45-17-5-9-36(52)48-28-12-10-24(6-4-16-44)25(18-28)23-51;3-2(4,5)1(6)7/h3,7-8,10-15,18-20,22,51H,5,9,16-17,21,23,44H2,1-2H3,(H,45,53)(H,48,52)(H,47,49,50);(H,6,7). The SMILES string of the molecule is COc1cc(Nc2ncc3c(n2)-c2ccc(Cl)cc2C(c2c(F)cccc2OC)=NC3)ccc1C(=O)NCCCC(=O)Nc1ccc(C#CCN)c(CO)c1.O=C(O)C(F)(F)F. The molecule has 0 radical (unpaired) electrons. The summed E-state index contributed by atoms with van der Waals surface area (Å²) in [6.07, 6.45) is -2.88. The molecule has 62 heavy (non-hydrogen) atoms. The smallest absolute Gasteiger partial charge is 0.490 e. The number of benzene rings is 4. The van der Waals surface area contributed by atoms with E-state index in [9.17, 15) is 27.9 Å². The molecule has 4 aromatic carbocycles. The van der Waals surface area contributed by atoms with E-state index in [2.05, 4.69) is 32.8 Å². The van der Waals surface area contributed by atoms with Crippen molar-refractivity contribution in [1.29, 1.82) is 0 Å². The summed E-state index contributed by atoms with van der Waals surface area (Å²) in [4.78, 5) is 48.6. The van der Waals surface area contributed by atoms with Gasteiger partial charge in [-0.1, -0.05) is 35.6 Å². The number of aliphatic hydroxyl groups excluding tert-OH is 1. The second-order valence-corrected chi connectivity index (χ2v) is 13.5. The number of nitrogens with one attached hydrogen (secondary N) is 3. The molecule has 14 nitrogen and oxygen atoms in total. The number of methoxy groups -OCH3 is 2. The van der Waals surface area contributed by atoms with Crippen LogP contribution in [0.4, 0.5) is 34.9 Å². The Hall–Kier alpha value is -7.07. The number of aliphatic hydroxyl groups is 1. The van der Waals surface area contributed by atoms with Gasteiger partial charge in [-0.25, -0.2) is 19.2 Å². The predicted molar refractivity (Wildman–Crippen MR) is 223 cm³/mol. The number of rotatable bonds is 12. The number of aliphatic carboxylic acids is 1. The zero-order chi connectivity index (χ0) is 45.0. The Bertz CT molecular complexity index is 2580. The number of carbonyl (C=O) groups is 3. The lowest BCUT2D eigenvalue weighted by molar-refractivity contribution is -0.192. The van der Waals surface area contributed by atoms with Crippen LogP contribution in [0.15, 0.2) is 84.0 Å². The summed E-state index contributed by atoms with van der Waals surface area (Å²) in [5.41, 5.74) is 11.2. The van der Waals surface area contributed by atoms with Gasteiger partial charge in [0.15, 0.2) is 0 Å². The Morgan fingerprint density at radius 2 is 1.71 bits per heavy atom. The second-order valence-electron chi connectivity index (χ2n) is 13.0. The van der Waals surface area contributed by atoms with Crippen LogP contribution >= 0.6 is 11.6 Å². The number of carboxylic acid groups (broad SMARTS) is 1. The fourth-order valence-electron chi connectivity index (χ4n) is 6.03. The maximum Gasteiger partial charge on any atom is 0.490 e. The highest BCUT2D eigenvalue weighted by atomic mass is 35.5. The third-order valence-electron chi connectivity index (χ3n) is 8.89. The Morgan fingerprint density at radius 1 is 0.968 bits per heavy atom. The monoisotopic (exact) mass is 875 g/mol. The number of hydrogen-bond donors (Lipinski definition) is 6. The number of aromatic nitrogens is 2. The minimum atomic E-state index is -5.08. The Labute approximate surface area is 357 Å². The summed E-state index contributed by atoms with van der Waals surface area (Å²) in [6.45, 7) is 0.396. The maximum absolute atomic E-state index is 15.3. The lowest BCUT2D eigenvalue weighted by atomic mass is 9.94. The maximum atomic E-state index is 15.3. The van der Waals surface area contributed by atoms with Gasteiger partial charge < -0.3 is 41.4 Å². The van der Waals surface area contributed by atoms with E-state index in [0.29, 0.717) is 73.5 Å². The minimum Gasteiger partial charge on any atom is -0.496 e. The van der Waals surface area contributed by atoms with Gasteiger partial charge in [0.2, 0.25) is 11.9 Å². The molecule has 1 aliphatic rings. The third kappa shape index (κ3) is 11.6. The molecular weight excluding hydrogens is 838 g/mol. The number of aliphatic imine (C=N–C) groups is 1. The van der Waals surface area contributed by atoms with Crippen molar-refractivity contribution in [3.63, 3.8) is 0 Å². The van der Waals surface area contributed by atoms with Gasteiger partial charge in [-0.05, 0) is 66.6 Å². The molecule has 5 aromatic rings. The van der Waals surface area contributed by atoms with E-state index in [1.807, 2.05) is 6.07 Å². The molecule has 0 bridgehead atoms. The number of carboxylic acids is 1. The number of anilines is 3. The largest absolute Gasteiger partial charge is 0.496 e. The molecule has 0 saturated carbocycles. The lowest BCUT2D eigenvalue weighted by Crippen LogP contribution is -2.26. The third-order valence-corrected chi connectivity index (χ3v) is 9.13. The van der Waals surface area contributed by atoms with Crippen LogP contribution in [0.1, 0.15) is 51.0 Å². The molecule has 0 spiro atoms. The molecule has 19 heteroatoms. The molecule has 2 amide bonds. The van der Waals surface area contributed by atoms with E-state index in [1.165, 1.54) is 20.3 Å². The van der Waals surface area contributed by atoms with Crippen molar-refractivity contribution in [2.45, 2.75) is 32.2 Å². The molecule has 0 fully saturated rings. The van der Waals surface area contributed by atoms with E-state index in [-0.39, 0.29) is 56.0 Å². The molecule has 0 atom stereocenters. The van der Waals surface area contributed by atoms with E-state index in [4.69, 9.17) is 46.7 Å². The number of amides is 2. The van der Waals surface area contributed by atoms with E-state index >= 15 is 4.39 Å². The van der Waals surface area contributed by atoms with Crippen molar-refractivity contribution in [1.82, 2.24) is 15.3 Å². The van der Waals surface area contributed by atoms with Crippen molar-refractivity contribution in [3.05, 3.63) is 123 Å². The molecule has 0 aliphatic carbocycles. The average molecular weight is 876 g/mol. The first-order valence-corrected chi connectivity index (χ1v) is 18.8. The molecule has 7 N–H and O–H groups in total. The van der Waals surface area contributed by atoms with Gasteiger partial charge in [-0.15, -0.1) is 0 Å². The Balaban J connectivity index is 0.000000955. The highest BCUT2D eigenvalue weighted by molar-refractivity contribution is 6.31. The van der Waals surface area contributed by atoms with Crippen LogP contribution in [0.2, 0.25) is 5.02 Å². The van der Waals surface area contributed by atoms with Crippen LogP contribution in [-0.2, 0) is 22.7 Å². The zero-order valence-corrected chi connectivity index (χ0v) is 33.7. The molecule has 0 unspecified atom stereocenters. The van der Waals surface area contributed by atoms with Crippen molar-refractivity contribution >= 4 is 52.4 Å². The van der Waals surface area contributed by atoms with E-state index in [1.54, 1.807) is 66.9 Å². The number of halogens is 5. The lowest BCUT2D eigenvalue weighted by Gasteiger charge is -2.15. The highest BCUT2D eigenvalue weighted by Gasteiger charge is 2.38. The van der Waals surface area contributed by atoms with Crippen LogP contribution in [0, 0.1) is 17.7 Å². The van der Waals surface area contributed by atoms with Crippen LogP contribution in [0.3, 0.4) is 0 Å². The Morgan fingerprint density at radius 3 is 2.40 bits per heavy atom. The number of ether oxygens (including phenoxy) is 2. The number of nitrogens with two attached hydrogens (primary N) is 1. The molecule has 322 valence electrons. The summed E-state index contributed by atoms with van der Waals surface area (Å²) < 4.78 is 58.0. The summed E-state index contributed by atoms with van der Waals surface area (Å²) in [6, 6.07) is 19.9. The van der Waals surface area contributed by atoms with Gasteiger partial charge in [0.1, 0.15) is 17.3 Å². The fraction of sp³-hybridized carbons (Fsp3) is 0.209. The van der Waals surface area contributed by atoms with E-state index < -0.39 is 18.0 Å². The van der Waals surface area contributed by atoms with Crippen LogP contribution in [0.25, 0.3) is 11.3 Å². The van der Waals surface area contributed by atoms with Crippen LogP contribution in [-0.4, -0.2) is 77.2 Å². The Kier molecular flexibility index (Phi) is 15.5. The van der Waals surface area contributed by atoms with E-state index in [0.717, 1.165) is 5.56 Å². The normalized spacial score (nSPS) is 11.5. The van der Waals surface area contributed by atoms with Gasteiger partial charge in [-0.2, -0.15) is 13.2 Å². The molecule has 1 aromatic heterocycles. The van der Waals surface area contributed by atoms with Gasteiger partial charge in [0.25, 0.3) is 5.91 Å². The number of carbonyl (C=O) groups excluding carboxylic acids is 2. The highest BCUT2D eigenvalue weighted by Crippen LogP contribution is 2.36. The van der Waals surface area contributed by atoms with Crippen molar-refractivity contribution < 1.29 is 51.6 Å². The number of nitrogens with zero attached hydrogens (tertiary/aromatic N) is 3. The molecule has 2 heterocycles. The zero-order valence-electron chi connectivity index (χ0n) is 33.0. The number of fused-ring (bicyclic) bond motifs is 3. The first kappa shape index (κ1) is 46.0. The van der Waals surface area contributed by atoms with Gasteiger partial charge in [-0.3, -0.25) is 14.6 Å². The van der Waals surface area contributed by atoms with Crippen molar-refractivity contribution in [2.75, 3.05) is 37.9 Å². The quantitative estimate of drug-likeness (QED) is 0.0445. The average Bonchev–Trinajstić information content (AvgIpc) is 3.40. The first-order valence-electron chi connectivity index (χ1n) is 18.5. The van der Waals surface area contributed by atoms with Crippen LogP contribution < -0.4 is 31.2 Å². The summed E-state index contributed by atoms with van der Waals surface area (Å²) >= 11 is 6.43. The minimum absolute atomic E-state index is 0.159. The summed E-state index contributed by atoms with van der Waals surface area (Å²) in [7, 11) is 2.94. The topological polar surface area (TPSA) is 210 Å². The summed E-state index contributed by atoms with van der Waals surface area (Å²) in [5.74, 6) is 2.71. The van der Waals surface area contributed by atoms with Crippen molar-refractivity contribution in [2.24, 2.45) is 10.7 Å². The first-order chi connectivity index (χ1) is 29.7. The van der Waals surface area contributed by atoms with Crippen molar-refractivity contribution in [3.8, 4) is 34.6 Å². The molecule has 6 rings (SSSR count). The summed E-state index contributed by atoms with van der Waals surface area (Å²) in [5, 5.41) is 26.1. The predicted octanol–water partition coefficient (Wildman–Crippen LogP) is 6.63. The molecule has 0 saturated heterocycles. The van der Waals surface area contributed by atoms with Gasteiger partial charge >= 0.3 is 12.1 Å². The second kappa shape index (κ2) is 20.9. The number of hydrogen-bond acceptors (Lipinski definition) is 11. The molecular formula is C43H38ClF4N7O7.